The van der Waals surface area contributed by atoms with Gasteiger partial charge in [-0.1, -0.05) is 13.0 Å². The molecule has 0 amide bonds. The van der Waals surface area contributed by atoms with Gasteiger partial charge in [-0.15, -0.1) is 0 Å². The third kappa shape index (κ3) is 5.02. The molecule has 0 unspecified atom stereocenters. The standard InChI is InChI=1S/C14H22O5S/c1-4-20(16,17)9-5-8-19-13-7-6-12(11(2)15)10-14(13)18-3/h6-7,10-11,15H,4-5,8-9H2,1-3H3/t11-/m0/s1. The molecule has 0 heterocycles. The topological polar surface area (TPSA) is 72.8 Å². The van der Waals surface area contributed by atoms with E-state index >= 15 is 0 Å². The Balaban J connectivity index is 2.60. The van der Waals surface area contributed by atoms with Crippen molar-refractivity contribution in [2.45, 2.75) is 26.4 Å². The van der Waals surface area contributed by atoms with E-state index in [0.29, 0.717) is 24.5 Å². The summed E-state index contributed by atoms with van der Waals surface area (Å²) in [5, 5.41) is 9.50. The zero-order chi connectivity index (χ0) is 15.2. The summed E-state index contributed by atoms with van der Waals surface area (Å²) in [4.78, 5) is 0. The average Bonchev–Trinajstić information content (AvgIpc) is 2.43. The van der Waals surface area contributed by atoms with Gasteiger partial charge in [-0.05, 0) is 31.0 Å². The molecule has 0 saturated carbocycles. The summed E-state index contributed by atoms with van der Waals surface area (Å²) in [7, 11) is -1.43. The van der Waals surface area contributed by atoms with Gasteiger partial charge in [-0.25, -0.2) is 8.42 Å². The zero-order valence-electron chi connectivity index (χ0n) is 12.1. The van der Waals surface area contributed by atoms with Gasteiger partial charge >= 0.3 is 0 Å². The summed E-state index contributed by atoms with van der Waals surface area (Å²) in [5.41, 5.74) is 0.739. The fourth-order valence-electron chi connectivity index (χ4n) is 1.67. The summed E-state index contributed by atoms with van der Waals surface area (Å²) in [5.74, 6) is 1.35. The summed E-state index contributed by atoms with van der Waals surface area (Å²) in [6, 6.07) is 5.18. The van der Waals surface area contributed by atoms with Gasteiger partial charge < -0.3 is 14.6 Å². The van der Waals surface area contributed by atoms with Crippen molar-refractivity contribution in [1.29, 1.82) is 0 Å². The van der Waals surface area contributed by atoms with Crippen molar-refractivity contribution < 1.29 is 23.0 Å². The number of methoxy groups -OCH3 is 1. The Hall–Kier alpha value is -1.27. The van der Waals surface area contributed by atoms with Gasteiger partial charge in [-0.3, -0.25) is 0 Å². The smallest absolute Gasteiger partial charge is 0.161 e. The van der Waals surface area contributed by atoms with E-state index < -0.39 is 15.9 Å². The SMILES string of the molecule is CCS(=O)(=O)CCCOc1ccc([C@H](C)O)cc1OC. The van der Waals surface area contributed by atoms with Gasteiger partial charge in [-0.2, -0.15) is 0 Å². The minimum atomic E-state index is -2.95. The van der Waals surface area contributed by atoms with Crippen LogP contribution in [0.1, 0.15) is 31.9 Å². The van der Waals surface area contributed by atoms with Gasteiger partial charge in [0.1, 0.15) is 9.84 Å². The summed E-state index contributed by atoms with van der Waals surface area (Å²) >= 11 is 0. The second-order valence-corrected chi connectivity index (χ2v) is 7.00. The molecule has 1 rings (SSSR count). The van der Waals surface area contributed by atoms with Gasteiger partial charge in [0.05, 0.1) is 25.6 Å². The lowest BCUT2D eigenvalue weighted by molar-refractivity contribution is 0.198. The molecule has 1 aromatic rings. The lowest BCUT2D eigenvalue weighted by Gasteiger charge is -2.13. The largest absolute Gasteiger partial charge is 0.493 e. The Morgan fingerprint density at radius 3 is 2.55 bits per heavy atom. The summed E-state index contributed by atoms with van der Waals surface area (Å²) in [6.07, 6.45) is -0.134. The second-order valence-electron chi connectivity index (χ2n) is 4.52. The molecular weight excluding hydrogens is 280 g/mol. The van der Waals surface area contributed by atoms with Crippen LogP contribution in [0, 0.1) is 0 Å². The predicted molar refractivity (Wildman–Crippen MR) is 78.1 cm³/mol. The van der Waals surface area contributed by atoms with Crippen molar-refractivity contribution in [2.24, 2.45) is 0 Å². The number of aliphatic hydroxyl groups is 1. The molecule has 0 fully saturated rings. The fourth-order valence-corrected chi connectivity index (χ4v) is 2.51. The number of rotatable bonds is 8. The van der Waals surface area contributed by atoms with Crippen LogP contribution in [0.25, 0.3) is 0 Å². The number of aliphatic hydroxyl groups excluding tert-OH is 1. The molecule has 0 aliphatic heterocycles. The highest BCUT2D eigenvalue weighted by Crippen LogP contribution is 2.30. The van der Waals surface area contributed by atoms with Crippen LogP contribution in [0.3, 0.4) is 0 Å². The average molecular weight is 302 g/mol. The van der Waals surface area contributed by atoms with Crippen molar-refractivity contribution in [3.63, 3.8) is 0 Å². The molecule has 0 saturated heterocycles. The molecule has 0 spiro atoms. The second kappa shape index (κ2) is 7.50. The van der Waals surface area contributed by atoms with Gasteiger partial charge in [0.2, 0.25) is 0 Å². The highest BCUT2D eigenvalue weighted by molar-refractivity contribution is 7.91. The fraction of sp³-hybridized carbons (Fsp3) is 0.571. The van der Waals surface area contributed by atoms with Crippen LogP contribution in [0.15, 0.2) is 18.2 Å². The maximum atomic E-state index is 11.3. The first kappa shape index (κ1) is 16.8. The molecular formula is C14H22O5S. The van der Waals surface area contributed by atoms with E-state index in [2.05, 4.69) is 0 Å². The predicted octanol–water partition coefficient (Wildman–Crippen LogP) is 1.95. The molecule has 0 bridgehead atoms. The maximum Gasteiger partial charge on any atom is 0.161 e. The molecule has 0 aliphatic rings. The summed E-state index contributed by atoms with van der Waals surface area (Å²) in [6.45, 7) is 3.61. The molecule has 0 radical (unpaired) electrons. The molecule has 6 heteroatoms. The van der Waals surface area contributed by atoms with Crippen LogP contribution >= 0.6 is 0 Å². The van der Waals surface area contributed by atoms with Gasteiger partial charge in [0, 0.05) is 5.75 Å². The van der Waals surface area contributed by atoms with Crippen molar-refractivity contribution in [3.8, 4) is 11.5 Å². The molecule has 114 valence electrons. The number of sulfone groups is 1. The Kier molecular flexibility index (Phi) is 6.29. The quantitative estimate of drug-likeness (QED) is 0.743. The van der Waals surface area contributed by atoms with Crippen LogP contribution in [0.2, 0.25) is 0 Å². The van der Waals surface area contributed by atoms with Gasteiger partial charge in [0.15, 0.2) is 11.5 Å². The number of hydrogen-bond donors (Lipinski definition) is 1. The van der Waals surface area contributed by atoms with Crippen LogP contribution in [0.5, 0.6) is 11.5 Å². The van der Waals surface area contributed by atoms with E-state index in [9.17, 15) is 13.5 Å². The number of hydrogen-bond acceptors (Lipinski definition) is 5. The van der Waals surface area contributed by atoms with Gasteiger partial charge in [0.25, 0.3) is 0 Å². The van der Waals surface area contributed by atoms with Crippen molar-refractivity contribution in [1.82, 2.24) is 0 Å². The van der Waals surface area contributed by atoms with Crippen LogP contribution in [-0.2, 0) is 9.84 Å². The molecule has 1 N–H and O–H groups in total. The first-order chi connectivity index (χ1) is 9.39. The molecule has 0 aliphatic carbocycles. The van der Waals surface area contributed by atoms with E-state index in [4.69, 9.17) is 9.47 Å². The van der Waals surface area contributed by atoms with Crippen LogP contribution in [0.4, 0.5) is 0 Å². The first-order valence-electron chi connectivity index (χ1n) is 6.59. The molecule has 5 nitrogen and oxygen atoms in total. The van der Waals surface area contributed by atoms with Crippen LogP contribution < -0.4 is 9.47 Å². The molecule has 0 aromatic heterocycles. The van der Waals surface area contributed by atoms with E-state index in [0.717, 1.165) is 5.56 Å². The zero-order valence-corrected chi connectivity index (χ0v) is 12.9. The molecule has 1 atom stereocenters. The summed E-state index contributed by atoms with van der Waals surface area (Å²) < 4.78 is 33.4. The minimum Gasteiger partial charge on any atom is -0.493 e. The Morgan fingerprint density at radius 2 is 2.00 bits per heavy atom. The van der Waals surface area contributed by atoms with Crippen LogP contribution in [-0.4, -0.2) is 38.7 Å². The third-order valence-corrected chi connectivity index (χ3v) is 4.76. The maximum absolute atomic E-state index is 11.3. The number of ether oxygens (including phenoxy) is 2. The molecule has 20 heavy (non-hydrogen) atoms. The Bertz CT molecular complexity index is 522. The van der Waals surface area contributed by atoms with Crippen molar-refractivity contribution >= 4 is 9.84 Å². The highest BCUT2D eigenvalue weighted by Gasteiger charge is 2.10. The van der Waals surface area contributed by atoms with E-state index in [1.165, 1.54) is 7.11 Å². The van der Waals surface area contributed by atoms with E-state index in [-0.39, 0.29) is 11.5 Å². The Labute approximate surface area is 120 Å². The highest BCUT2D eigenvalue weighted by atomic mass is 32.2. The molecule has 1 aromatic carbocycles. The van der Waals surface area contributed by atoms with E-state index in [1.807, 2.05) is 0 Å². The first-order valence-corrected chi connectivity index (χ1v) is 8.41. The lowest BCUT2D eigenvalue weighted by Crippen LogP contribution is -2.12. The monoisotopic (exact) mass is 302 g/mol. The third-order valence-electron chi connectivity index (χ3n) is 2.97. The number of benzene rings is 1. The van der Waals surface area contributed by atoms with Crippen molar-refractivity contribution in [2.75, 3.05) is 25.2 Å². The lowest BCUT2D eigenvalue weighted by atomic mass is 10.1. The Morgan fingerprint density at radius 1 is 1.30 bits per heavy atom. The normalized spacial score (nSPS) is 13.0. The van der Waals surface area contributed by atoms with E-state index in [1.54, 1.807) is 32.0 Å². The minimum absolute atomic E-state index is 0.123. The van der Waals surface area contributed by atoms with Crippen molar-refractivity contribution in [3.05, 3.63) is 23.8 Å².